The molecule has 3 aromatic heterocycles. The molecule has 0 saturated carbocycles. The molecule has 1 aromatic carbocycles. The standard InChI is InChI=1S/C23H21N5O2/c1-30-18-9-7-16(8-10-18)21-26-19-6-4-13-25-22(19)28(21)17-11-14-27(15-17)23(29)20-5-2-3-12-24-20/h2-10,12-13,17H,11,14-15H2,1H3/t17-/m0/s1. The highest BCUT2D eigenvalue weighted by Crippen LogP contribution is 2.33. The number of ether oxygens (including phenoxy) is 1. The van der Waals surface area contributed by atoms with Gasteiger partial charge >= 0.3 is 0 Å². The molecular weight excluding hydrogens is 378 g/mol. The number of rotatable bonds is 4. The number of imidazole rings is 1. The van der Waals surface area contributed by atoms with Crippen molar-refractivity contribution in [3.63, 3.8) is 0 Å². The number of methoxy groups -OCH3 is 1. The van der Waals surface area contributed by atoms with E-state index in [0.717, 1.165) is 34.7 Å². The summed E-state index contributed by atoms with van der Waals surface area (Å²) in [5, 5.41) is 0. The summed E-state index contributed by atoms with van der Waals surface area (Å²) in [6, 6.07) is 17.2. The molecule has 1 amide bonds. The van der Waals surface area contributed by atoms with E-state index in [1.54, 1.807) is 25.6 Å². The number of aromatic nitrogens is 4. The van der Waals surface area contributed by atoms with Crippen LogP contribution in [0.4, 0.5) is 0 Å². The van der Waals surface area contributed by atoms with Crippen molar-refractivity contribution in [1.82, 2.24) is 24.4 Å². The molecule has 0 bridgehead atoms. The Kier molecular flexibility index (Phi) is 4.63. The van der Waals surface area contributed by atoms with Gasteiger partial charge in [-0.2, -0.15) is 0 Å². The lowest BCUT2D eigenvalue weighted by molar-refractivity contribution is 0.0782. The maximum absolute atomic E-state index is 12.9. The lowest BCUT2D eigenvalue weighted by atomic mass is 10.2. The summed E-state index contributed by atoms with van der Waals surface area (Å²) in [5.41, 5.74) is 3.14. The second kappa shape index (κ2) is 7.59. The smallest absolute Gasteiger partial charge is 0.272 e. The summed E-state index contributed by atoms with van der Waals surface area (Å²) < 4.78 is 7.46. The predicted molar refractivity (Wildman–Crippen MR) is 113 cm³/mol. The van der Waals surface area contributed by atoms with Gasteiger partial charge in [0, 0.05) is 31.0 Å². The highest BCUT2D eigenvalue weighted by molar-refractivity contribution is 5.92. The average molecular weight is 399 g/mol. The highest BCUT2D eigenvalue weighted by atomic mass is 16.5. The van der Waals surface area contributed by atoms with Gasteiger partial charge in [-0.3, -0.25) is 9.78 Å². The topological polar surface area (TPSA) is 73.1 Å². The van der Waals surface area contributed by atoms with Crippen LogP contribution < -0.4 is 4.74 Å². The van der Waals surface area contributed by atoms with Gasteiger partial charge in [-0.05, 0) is 55.0 Å². The summed E-state index contributed by atoms with van der Waals surface area (Å²) in [4.78, 5) is 28.4. The fourth-order valence-corrected chi connectivity index (χ4v) is 4.01. The Hall–Kier alpha value is -3.74. The first-order valence-corrected chi connectivity index (χ1v) is 9.92. The monoisotopic (exact) mass is 399 g/mol. The number of hydrogen-bond donors (Lipinski definition) is 0. The van der Waals surface area contributed by atoms with E-state index >= 15 is 0 Å². The SMILES string of the molecule is COc1ccc(-c2nc3cccnc3n2[C@H]2CCN(C(=O)c3ccccn3)C2)cc1. The summed E-state index contributed by atoms with van der Waals surface area (Å²) in [7, 11) is 1.65. The van der Waals surface area contributed by atoms with Gasteiger partial charge < -0.3 is 14.2 Å². The number of carbonyl (C=O) groups is 1. The maximum Gasteiger partial charge on any atom is 0.272 e. The Morgan fingerprint density at radius 1 is 1.03 bits per heavy atom. The number of hydrogen-bond acceptors (Lipinski definition) is 5. The molecule has 7 nitrogen and oxygen atoms in total. The quantitative estimate of drug-likeness (QED) is 0.524. The molecule has 150 valence electrons. The second-order valence-corrected chi connectivity index (χ2v) is 7.29. The molecule has 0 N–H and O–H groups in total. The minimum absolute atomic E-state index is 0.0403. The highest BCUT2D eigenvalue weighted by Gasteiger charge is 2.31. The van der Waals surface area contributed by atoms with Crippen LogP contribution in [0.5, 0.6) is 5.75 Å². The first-order chi connectivity index (χ1) is 14.7. The number of pyridine rings is 2. The number of nitrogens with zero attached hydrogens (tertiary/aromatic N) is 5. The second-order valence-electron chi connectivity index (χ2n) is 7.29. The van der Waals surface area contributed by atoms with Gasteiger partial charge in [0.25, 0.3) is 5.91 Å². The van der Waals surface area contributed by atoms with Crippen molar-refractivity contribution >= 4 is 17.1 Å². The van der Waals surface area contributed by atoms with E-state index in [2.05, 4.69) is 14.5 Å². The van der Waals surface area contributed by atoms with Gasteiger partial charge in [0.2, 0.25) is 0 Å². The molecular formula is C23H21N5O2. The normalized spacial score (nSPS) is 16.2. The Bertz CT molecular complexity index is 1190. The number of fused-ring (bicyclic) bond motifs is 1. The maximum atomic E-state index is 12.9. The van der Waals surface area contributed by atoms with Crippen molar-refractivity contribution in [2.75, 3.05) is 20.2 Å². The Balaban J connectivity index is 1.51. The average Bonchev–Trinajstić information content (AvgIpc) is 3.44. The third-order valence-corrected chi connectivity index (χ3v) is 5.50. The van der Waals surface area contributed by atoms with E-state index in [-0.39, 0.29) is 11.9 Å². The number of likely N-dealkylation sites (tertiary alicyclic amines) is 1. The molecule has 0 aliphatic carbocycles. The minimum Gasteiger partial charge on any atom is -0.497 e. The minimum atomic E-state index is -0.0403. The van der Waals surface area contributed by atoms with Crippen LogP contribution in [0, 0.1) is 0 Å². The first-order valence-electron chi connectivity index (χ1n) is 9.92. The van der Waals surface area contributed by atoms with Gasteiger partial charge in [0.15, 0.2) is 5.65 Å². The zero-order valence-corrected chi connectivity index (χ0v) is 16.6. The number of carbonyl (C=O) groups excluding carboxylic acids is 1. The van der Waals surface area contributed by atoms with Crippen molar-refractivity contribution in [3.8, 4) is 17.1 Å². The van der Waals surface area contributed by atoms with Crippen molar-refractivity contribution in [3.05, 3.63) is 72.7 Å². The largest absolute Gasteiger partial charge is 0.497 e. The summed E-state index contributed by atoms with van der Waals surface area (Å²) in [5.74, 6) is 1.61. The number of benzene rings is 1. The van der Waals surface area contributed by atoms with E-state index in [1.165, 1.54) is 0 Å². The van der Waals surface area contributed by atoms with Crippen molar-refractivity contribution in [1.29, 1.82) is 0 Å². The Labute approximate surface area is 174 Å². The molecule has 1 fully saturated rings. The van der Waals surface area contributed by atoms with Crippen LogP contribution in [0.15, 0.2) is 67.0 Å². The molecule has 0 radical (unpaired) electrons. The molecule has 1 aliphatic rings. The Morgan fingerprint density at radius 2 is 1.87 bits per heavy atom. The van der Waals surface area contributed by atoms with Gasteiger partial charge in [0.05, 0.1) is 13.2 Å². The van der Waals surface area contributed by atoms with Gasteiger partial charge in [0.1, 0.15) is 22.8 Å². The molecule has 1 saturated heterocycles. The molecule has 7 heteroatoms. The molecule has 0 spiro atoms. The molecule has 4 heterocycles. The van der Waals surface area contributed by atoms with E-state index in [9.17, 15) is 4.79 Å². The Morgan fingerprint density at radius 3 is 2.63 bits per heavy atom. The molecule has 4 aromatic rings. The number of amides is 1. The first kappa shape index (κ1) is 18.3. The molecule has 5 rings (SSSR count). The van der Waals surface area contributed by atoms with Gasteiger partial charge in [-0.25, -0.2) is 9.97 Å². The fourth-order valence-electron chi connectivity index (χ4n) is 4.01. The van der Waals surface area contributed by atoms with Crippen LogP contribution in [-0.2, 0) is 0 Å². The summed E-state index contributed by atoms with van der Waals surface area (Å²) >= 11 is 0. The van der Waals surface area contributed by atoms with Gasteiger partial charge in [-0.15, -0.1) is 0 Å². The van der Waals surface area contributed by atoms with Crippen LogP contribution in [0.25, 0.3) is 22.6 Å². The fraction of sp³-hybridized carbons (Fsp3) is 0.217. The van der Waals surface area contributed by atoms with Crippen molar-refractivity contribution in [2.45, 2.75) is 12.5 Å². The lowest BCUT2D eigenvalue weighted by Crippen LogP contribution is -2.29. The van der Waals surface area contributed by atoms with Crippen molar-refractivity contribution in [2.24, 2.45) is 0 Å². The predicted octanol–water partition coefficient (Wildman–Crippen LogP) is 3.59. The van der Waals surface area contributed by atoms with Gasteiger partial charge in [-0.1, -0.05) is 6.07 Å². The third kappa shape index (κ3) is 3.18. The zero-order valence-electron chi connectivity index (χ0n) is 16.6. The summed E-state index contributed by atoms with van der Waals surface area (Å²) in [6.07, 6.45) is 4.27. The van der Waals surface area contributed by atoms with E-state index < -0.39 is 0 Å². The third-order valence-electron chi connectivity index (χ3n) is 5.50. The van der Waals surface area contributed by atoms with E-state index in [1.807, 2.05) is 53.4 Å². The van der Waals surface area contributed by atoms with Crippen LogP contribution in [0.1, 0.15) is 23.0 Å². The van der Waals surface area contributed by atoms with Crippen LogP contribution >= 0.6 is 0 Å². The van der Waals surface area contributed by atoms with Crippen LogP contribution in [-0.4, -0.2) is 50.5 Å². The summed E-state index contributed by atoms with van der Waals surface area (Å²) in [6.45, 7) is 1.27. The van der Waals surface area contributed by atoms with E-state index in [0.29, 0.717) is 18.8 Å². The van der Waals surface area contributed by atoms with Crippen molar-refractivity contribution < 1.29 is 9.53 Å². The van der Waals surface area contributed by atoms with Crippen LogP contribution in [0.2, 0.25) is 0 Å². The zero-order chi connectivity index (χ0) is 20.5. The molecule has 1 atom stereocenters. The molecule has 30 heavy (non-hydrogen) atoms. The van der Waals surface area contributed by atoms with Crippen LogP contribution in [0.3, 0.4) is 0 Å². The van der Waals surface area contributed by atoms with E-state index in [4.69, 9.17) is 9.72 Å². The lowest BCUT2D eigenvalue weighted by Gasteiger charge is -2.18. The molecule has 1 aliphatic heterocycles. The molecule has 0 unspecified atom stereocenters.